The zero-order valence-electron chi connectivity index (χ0n) is 17.3. The molecule has 2 unspecified atom stereocenters. The van der Waals surface area contributed by atoms with Gasteiger partial charge in [0, 0.05) is 21.5 Å². The zero-order chi connectivity index (χ0) is 23.8. The monoisotopic (exact) mass is 525 g/mol. The van der Waals surface area contributed by atoms with Gasteiger partial charge in [0.25, 0.3) is 0 Å². The largest absolute Gasteiger partial charge is 0.302 e. The number of halogens is 4. The topological polar surface area (TPSA) is 70.6 Å². The van der Waals surface area contributed by atoms with Crippen molar-refractivity contribution in [2.24, 2.45) is 5.10 Å². The minimum atomic E-state index is -4.12. The van der Waals surface area contributed by atoms with E-state index in [4.69, 9.17) is 34.8 Å². The molecule has 0 aliphatic carbocycles. The quantitative estimate of drug-likeness (QED) is 0.401. The Labute approximate surface area is 206 Å². The van der Waals surface area contributed by atoms with E-state index in [9.17, 15) is 12.8 Å². The molecule has 0 radical (unpaired) electrons. The molecule has 0 saturated heterocycles. The van der Waals surface area contributed by atoms with Crippen molar-refractivity contribution in [2.45, 2.75) is 30.3 Å². The standard InChI is InChI=1S/C23H19Cl3FN3O2S/c1-13-2-8-17(27)11-22(13)33(31,32)30-23(18-9-7-16(25)10-19(18)26)21-12-20(28-29-21)14-3-5-15(24)6-4-14/h2-11,20,23,28,30H,12H2,1H3. The van der Waals surface area contributed by atoms with Crippen molar-refractivity contribution in [1.82, 2.24) is 10.1 Å². The summed E-state index contributed by atoms with van der Waals surface area (Å²) >= 11 is 18.5. The molecule has 2 N–H and O–H groups in total. The summed E-state index contributed by atoms with van der Waals surface area (Å²) in [7, 11) is -4.12. The summed E-state index contributed by atoms with van der Waals surface area (Å²) in [6, 6.07) is 14.7. The number of sulfonamides is 1. The number of aryl methyl sites for hydroxylation is 1. The molecular formula is C23H19Cl3FN3O2S. The predicted octanol–water partition coefficient (Wildman–Crippen LogP) is 6.20. The highest BCUT2D eigenvalue weighted by molar-refractivity contribution is 7.89. The molecule has 4 rings (SSSR count). The van der Waals surface area contributed by atoms with Crippen molar-refractivity contribution >= 4 is 50.5 Å². The van der Waals surface area contributed by atoms with E-state index in [2.05, 4.69) is 15.2 Å². The van der Waals surface area contributed by atoms with Gasteiger partial charge in [0.05, 0.1) is 22.7 Å². The van der Waals surface area contributed by atoms with E-state index in [0.717, 1.165) is 11.6 Å². The summed E-state index contributed by atoms with van der Waals surface area (Å²) in [4.78, 5) is -0.154. The lowest BCUT2D eigenvalue weighted by Gasteiger charge is -2.21. The normalized spacial score (nSPS) is 16.9. The molecule has 0 amide bonds. The van der Waals surface area contributed by atoms with Crippen LogP contribution in [0.4, 0.5) is 4.39 Å². The molecule has 1 heterocycles. The van der Waals surface area contributed by atoms with E-state index >= 15 is 0 Å². The maximum Gasteiger partial charge on any atom is 0.241 e. The summed E-state index contributed by atoms with van der Waals surface area (Å²) in [5.74, 6) is -0.648. The van der Waals surface area contributed by atoms with Gasteiger partial charge in [0.2, 0.25) is 10.0 Å². The average Bonchev–Trinajstić information content (AvgIpc) is 3.25. The average molecular weight is 527 g/mol. The first kappa shape index (κ1) is 24.0. The molecule has 1 aliphatic heterocycles. The van der Waals surface area contributed by atoms with Crippen LogP contribution in [0.3, 0.4) is 0 Å². The Morgan fingerprint density at radius 2 is 1.73 bits per heavy atom. The van der Waals surface area contributed by atoms with Gasteiger partial charge in [-0.2, -0.15) is 9.82 Å². The lowest BCUT2D eigenvalue weighted by atomic mass is 9.96. The molecule has 0 bridgehead atoms. The maximum absolute atomic E-state index is 13.8. The van der Waals surface area contributed by atoms with Gasteiger partial charge in [0.15, 0.2) is 0 Å². The van der Waals surface area contributed by atoms with E-state index in [0.29, 0.717) is 33.3 Å². The van der Waals surface area contributed by atoms with E-state index in [1.165, 1.54) is 18.2 Å². The van der Waals surface area contributed by atoms with Crippen molar-refractivity contribution in [3.05, 3.63) is 98.2 Å². The van der Waals surface area contributed by atoms with Crippen LogP contribution in [0.5, 0.6) is 0 Å². The lowest BCUT2D eigenvalue weighted by molar-refractivity contribution is 0.572. The van der Waals surface area contributed by atoms with Gasteiger partial charge in [-0.05, 0) is 60.0 Å². The molecule has 33 heavy (non-hydrogen) atoms. The van der Waals surface area contributed by atoms with Crippen LogP contribution in [0.2, 0.25) is 15.1 Å². The van der Waals surface area contributed by atoms with Crippen molar-refractivity contribution < 1.29 is 12.8 Å². The number of rotatable bonds is 6. The summed E-state index contributed by atoms with van der Waals surface area (Å²) in [5.41, 5.74) is 5.42. The van der Waals surface area contributed by atoms with E-state index < -0.39 is 21.9 Å². The van der Waals surface area contributed by atoms with Gasteiger partial charge < -0.3 is 5.43 Å². The number of nitrogens with one attached hydrogen (secondary N) is 2. The fourth-order valence-corrected chi connectivity index (χ4v) is 5.76. The second-order valence-corrected chi connectivity index (χ2v) is 10.6. The van der Waals surface area contributed by atoms with Gasteiger partial charge in [-0.1, -0.05) is 59.1 Å². The Hall–Kier alpha value is -2.16. The Kier molecular flexibility index (Phi) is 6.98. The molecule has 0 fully saturated rings. The first-order valence-electron chi connectivity index (χ1n) is 9.95. The third-order valence-corrected chi connectivity index (χ3v) is 7.75. The lowest BCUT2D eigenvalue weighted by Crippen LogP contribution is -2.34. The molecule has 172 valence electrons. The smallest absolute Gasteiger partial charge is 0.241 e. The van der Waals surface area contributed by atoms with Crippen molar-refractivity contribution in [2.75, 3.05) is 0 Å². The van der Waals surface area contributed by atoms with Crippen LogP contribution < -0.4 is 10.1 Å². The molecule has 0 saturated carbocycles. The van der Waals surface area contributed by atoms with Crippen LogP contribution in [0, 0.1) is 12.7 Å². The Morgan fingerprint density at radius 1 is 1.03 bits per heavy atom. The minimum absolute atomic E-state index is 0.154. The van der Waals surface area contributed by atoms with Crippen LogP contribution in [0.1, 0.15) is 35.2 Å². The first-order chi connectivity index (χ1) is 15.6. The Morgan fingerprint density at radius 3 is 2.42 bits per heavy atom. The first-order valence-corrected chi connectivity index (χ1v) is 12.6. The molecular weight excluding hydrogens is 508 g/mol. The van der Waals surface area contributed by atoms with Crippen LogP contribution in [0.15, 0.2) is 70.7 Å². The highest BCUT2D eigenvalue weighted by atomic mass is 35.5. The fraction of sp³-hybridized carbons (Fsp3) is 0.174. The molecule has 1 aliphatic rings. The molecule has 3 aromatic carbocycles. The molecule has 0 aromatic heterocycles. The van der Waals surface area contributed by atoms with Crippen molar-refractivity contribution in [3.63, 3.8) is 0 Å². The number of hydrogen-bond donors (Lipinski definition) is 2. The molecule has 0 spiro atoms. The van der Waals surface area contributed by atoms with Gasteiger partial charge >= 0.3 is 0 Å². The molecule has 10 heteroatoms. The minimum Gasteiger partial charge on any atom is -0.302 e. The van der Waals surface area contributed by atoms with Gasteiger partial charge in [0.1, 0.15) is 5.82 Å². The summed E-state index contributed by atoms with van der Waals surface area (Å²) in [5, 5.41) is 5.72. The highest BCUT2D eigenvalue weighted by Crippen LogP contribution is 2.34. The van der Waals surface area contributed by atoms with Gasteiger partial charge in [-0.15, -0.1) is 0 Å². The Bertz CT molecular complexity index is 1330. The fourth-order valence-electron chi connectivity index (χ4n) is 3.66. The van der Waals surface area contributed by atoms with Crippen LogP contribution in [0.25, 0.3) is 0 Å². The van der Waals surface area contributed by atoms with Crippen LogP contribution in [-0.2, 0) is 10.0 Å². The van der Waals surface area contributed by atoms with Crippen molar-refractivity contribution in [1.29, 1.82) is 0 Å². The molecule has 3 aromatic rings. The maximum atomic E-state index is 13.8. The number of nitrogens with zero attached hydrogens (tertiary/aromatic N) is 1. The van der Waals surface area contributed by atoms with Crippen LogP contribution >= 0.6 is 34.8 Å². The number of benzene rings is 3. The third-order valence-electron chi connectivity index (χ3n) is 5.37. The highest BCUT2D eigenvalue weighted by Gasteiger charge is 2.33. The Balaban J connectivity index is 1.70. The van der Waals surface area contributed by atoms with E-state index in [-0.39, 0.29) is 16.0 Å². The van der Waals surface area contributed by atoms with Gasteiger partial charge in [-0.25, -0.2) is 12.8 Å². The second-order valence-electron chi connectivity index (χ2n) is 7.67. The zero-order valence-corrected chi connectivity index (χ0v) is 20.4. The van der Waals surface area contributed by atoms with Gasteiger partial charge in [-0.3, -0.25) is 0 Å². The number of hydrazone groups is 1. The molecule has 5 nitrogen and oxygen atoms in total. The summed E-state index contributed by atoms with van der Waals surface area (Å²) < 4.78 is 43.1. The van der Waals surface area contributed by atoms with Crippen LogP contribution in [-0.4, -0.2) is 14.1 Å². The third kappa shape index (κ3) is 5.34. The summed E-state index contributed by atoms with van der Waals surface area (Å²) in [6.45, 7) is 1.60. The van der Waals surface area contributed by atoms with E-state index in [1.807, 2.05) is 12.1 Å². The number of hydrogen-bond acceptors (Lipinski definition) is 4. The second kappa shape index (κ2) is 9.60. The van der Waals surface area contributed by atoms with Crippen molar-refractivity contribution in [3.8, 4) is 0 Å². The van der Waals surface area contributed by atoms with E-state index in [1.54, 1.807) is 31.2 Å². The summed E-state index contributed by atoms with van der Waals surface area (Å²) in [6.07, 6.45) is 0.413. The SMILES string of the molecule is Cc1ccc(F)cc1S(=O)(=O)NC(C1=NNC(c2ccc(Cl)cc2)C1)c1ccc(Cl)cc1Cl. The predicted molar refractivity (Wildman–Crippen MR) is 130 cm³/mol. The molecule has 2 atom stereocenters.